The normalized spacial score (nSPS) is 18.1. The van der Waals surface area contributed by atoms with Gasteiger partial charge in [-0.25, -0.2) is 9.97 Å². The molecule has 2 aromatic heterocycles. The van der Waals surface area contributed by atoms with Crippen LogP contribution < -0.4 is 4.90 Å². The summed E-state index contributed by atoms with van der Waals surface area (Å²) in [6.07, 6.45) is 3.41. The molecule has 80 valence electrons. The van der Waals surface area contributed by atoms with Crippen molar-refractivity contribution in [1.29, 1.82) is 5.26 Å². The number of aromatic amines is 1. The van der Waals surface area contributed by atoms with Gasteiger partial charge in [-0.1, -0.05) is 0 Å². The summed E-state index contributed by atoms with van der Waals surface area (Å²) in [6, 6.07) is 4.29. The number of H-pyrrole nitrogens is 1. The number of fused-ring (bicyclic) bond motifs is 1. The van der Waals surface area contributed by atoms with Gasteiger partial charge in [0.05, 0.1) is 16.9 Å². The molecule has 0 amide bonds. The predicted molar refractivity (Wildman–Crippen MR) is 59.8 cm³/mol. The fraction of sp³-hybridized carbons (Fsp3) is 0.364. The van der Waals surface area contributed by atoms with Crippen molar-refractivity contribution < 1.29 is 0 Å². The number of hydrogen-bond acceptors (Lipinski definition) is 4. The molecule has 1 aliphatic rings. The predicted octanol–water partition coefficient (Wildman–Crippen LogP) is 1.31. The maximum atomic E-state index is 8.97. The van der Waals surface area contributed by atoms with E-state index in [4.69, 9.17) is 5.26 Å². The van der Waals surface area contributed by atoms with E-state index in [9.17, 15) is 0 Å². The number of anilines is 1. The van der Waals surface area contributed by atoms with Gasteiger partial charge in [0.2, 0.25) is 0 Å². The summed E-state index contributed by atoms with van der Waals surface area (Å²) < 4.78 is 0. The maximum Gasteiger partial charge on any atom is 0.142 e. The molecule has 0 atom stereocenters. The second-order valence-corrected chi connectivity index (χ2v) is 4.47. The summed E-state index contributed by atoms with van der Waals surface area (Å²) in [7, 11) is 0. The van der Waals surface area contributed by atoms with Crippen LogP contribution in [0.5, 0.6) is 0 Å². The number of aromatic nitrogens is 3. The molecule has 5 heteroatoms. The lowest BCUT2D eigenvalue weighted by Crippen LogP contribution is -2.54. The van der Waals surface area contributed by atoms with Crippen LogP contribution in [0.4, 0.5) is 5.82 Å². The van der Waals surface area contributed by atoms with Crippen LogP contribution in [0.2, 0.25) is 0 Å². The first kappa shape index (κ1) is 9.16. The van der Waals surface area contributed by atoms with Gasteiger partial charge in [-0.3, -0.25) is 0 Å². The zero-order valence-electron chi connectivity index (χ0n) is 8.94. The van der Waals surface area contributed by atoms with Crippen LogP contribution in [-0.2, 0) is 0 Å². The first-order chi connectivity index (χ1) is 7.72. The average Bonchev–Trinajstić information content (AvgIpc) is 2.72. The van der Waals surface area contributed by atoms with Crippen molar-refractivity contribution in [3.63, 3.8) is 0 Å². The highest BCUT2D eigenvalue weighted by molar-refractivity contribution is 5.87. The van der Waals surface area contributed by atoms with Crippen LogP contribution >= 0.6 is 0 Å². The Kier molecular flexibility index (Phi) is 1.69. The third-order valence-electron chi connectivity index (χ3n) is 2.98. The topological polar surface area (TPSA) is 68.6 Å². The number of rotatable bonds is 1. The Balaban J connectivity index is 1.97. The Morgan fingerprint density at radius 1 is 1.50 bits per heavy atom. The summed E-state index contributed by atoms with van der Waals surface area (Å²) in [5, 5.41) is 9.98. The van der Waals surface area contributed by atoms with Crippen LogP contribution in [0.15, 0.2) is 18.6 Å². The highest BCUT2D eigenvalue weighted by atomic mass is 15.3. The van der Waals surface area contributed by atoms with E-state index >= 15 is 0 Å². The van der Waals surface area contributed by atoms with E-state index < -0.39 is 0 Å². The second kappa shape index (κ2) is 2.95. The fourth-order valence-corrected chi connectivity index (χ4v) is 2.13. The third-order valence-corrected chi connectivity index (χ3v) is 2.98. The van der Waals surface area contributed by atoms with Gasteiger partial charge in [-0.15, -0.1) is 0 Å². The summed E-state index contributed by atoms with van der Waals surface area (Å²) in [4.78, 5) is 13.6. The molecule has 1 aliphatic heterocycles. The van der Waals surface area contributed by atoms with Gasteiger partial charge in [0.25, 0.3) is 0 Å². The number of hydrogen-bond donors (Lipinski definition) is 1. The fourth-order valence-electron chi connectivity index (χ4n) is 2.13. The SMILES string of the molecule is CC1(C#N)CN(c2ncnc3[nH]ccc23)C1. The summed E-state index contributed by atoms with van der Waals surface area (Å²) >= 11 is 0. The smallest absolute Gasteiger partial charge is 0.142 e. The largest absolute Gasteiger partial charge is 0.353 e. The zero-order valence-corrected chi connectivity index (χ0v) is 8.94. The Morgan fingerprint density at radius 2 is 2.31 bits per heavy atom. The van der Waals surface area contributed by atoms with Crippen molar-refractivity contribution in [3.8, 4) is 6.07 Å². The molecule has 3 rings (SSSR count). The third kappa shape index (κ3) is 1.16. The lowest BCUT2D eigenvalue weighted by molar-refractivity contribution is 0.335. The summed E-state index contributed by atoms with van der Waals surface area (Å²) in [5.41, 5.74) is 0.615. The highest BCUT2D eigenvalue weighted by Crippen LogP contribution is 2.34. The van der Waals surface area contributed by atoms with E-state index in [-0.39, 0.29) is 5.41 Å². The molecule has 2 aromatic rings. The molecular formula is C11H11N5. The van der Waals surface area contributed by atoms with E-state index in [1.165, 1.54) is 0 Å². The second-order valence-electron chi connectivity index (χ2n) is 4.47. The molecule has 5 nitrogen and oxygen atoms in total. The number of nitriles is 1. The Bertz CT molecular complexity index is 573. The Morgan fingerprint density at radius 3 is 3.06 bits per heavy atom. The van der Waals surface area contributed by atoms with Gasteiger partial charge in [0, 0.05) is 19.3 Å². The molecule has 3 heterocycles. The minimum absolute atomic E-state index is 0.229. The van der Waals surface area contributed by atoms with Crippen LogP contribution in [0.25, 0.3) is 11.0 Å². The molecule has 0 unspecified atom stereocenters. The van der Waals surface area contributed by atoms with Gasteiger partial charge >= 0.3 is 0 Å². The highest BCUT2D eigenvalue weighted by Gasteiger charge is 2.40. The minimum Gasteiger partial charge on any atom is -0.353 e. The lowest BCUT2D eigenvalue weighted by Gasteiger charge is -2.44. The van der Waals surface area contributed by atoms with E-state index in [1.54, 1.807) is 6.33 Å². The van der Waals surface area contributed by atoms with Gasteiger partial charge in [0.15, 0.2) is 0 Å². The standard InChI is InChI=1S/C11H11N5/c1-11(4-12)5-16(6-11)10-8-2-3-13-9(8)14-7-15-10/h2-3,7H,5-6H2,1H3,(H,13,14,15). The van der Waals surface area contributed by atoms with Gasteiger partial charge in [0.1, 0.15) is 17.8 Å². The molecule has 0 bridgehead atoms. The first-order valence-corrected chi connectivity index (χ1v) is 5.16. The van der Waals surface area contributed by atoms with Gasteiger partial charge < -0.3 is 9.88 Å². The molecule has 16 heavy (non-hydrogen) atoms. The van der Waals surface area contributed by atoms with Crippen molar-refractivity contribution in [3.05, 3.63) is 18.6 Å². The Hall–Kier alpha value is -2.09. The van der Waals surface area contributed by atoms with Crippen molar-refractivity contribution in [1.82, 2.24) is 15.0 Å². The monoisotopic (exact) mass is 213 g/mol. The van der Waals surface area contributed by atoms with Gasteiger partial charge in [-0.2, -0.15) is 5.26 Å². The van der Waals surface area contributed by atoms with Crippen LogP contribution in [0.3, 0.4) is 0 Å². The van der Waals surface area contributed by atoms with Crippen molar-refractivity contribution in [2.75, 3.05) is 18.0 Å². The molecule has 1 saturated heterocycles. The quantitative estimate of drug-likeness (QED) is 0.775. The molecule has 0 radical (unpaired) electrons. The molecule has 0 aromatic carbocycles. The zero-order chi connectivity index (χ0) is 11.2. The first-order valence-electron chi connectivity index (χ1n) is 5.16. The van der Waals surface area contributed by atoms with E-state index in [0.717, 1.165) is 29.9 Å². The van der Waals surface area contributed by atoms with Crippen LogP contribution in [0.1, 0.15) is 6.92 Å². The van der Waals surface area contributed by atoms with Crippen molar-refractivity contribution >= 4 is 16.9 Å². The molecule has 0 spiro atoms. The van der Waals surface area contributed by atoms with Crippen molar-refractivity contribution in [2.45, 2.75) is 6.92 Å². The van der Waals surface area contributed by atoms with Crippen LogP contribution in [0, 0.1) is 16.7 Å². The van der Waals surface area contributed by atoms with Crippen LogP contribution in [-0.4, -0.2) is 28.0 Å². The molecule has 0 aliphatic carbocycles. The summed E-state index contributed by atoms with van der Waals surface area (Å²) in [5.74, 6) is 0.916. The van der Waals surface area contributed by atoms with E-state index in [0.29, 0.717) is 0 Å². The number of nitrogens with zero attached hydrogens (tertiary/aromatic N) is 4. The van der Waals surface area contributed by atoms with E-state index in [1.807, 2.05) is 19.2 Å². The maximum absolute atomic E-state index is 8.97. The average molecular weight is 213 g/mol. The minimum atomic E-state index is -0.229. The van der Waals surface area contributed by atoms with Gasteiger partial charge in [-0.05, 0) is 13.0 Å². The molecule has 1 fully saturated rings. The van der Waals surface area contributed by atoms with Crippen molar-refractivity contribution in [2.24, 2.45) is 5.41 Å². The summed E-state index contributed by atoms with van der Waals surface area (Å²) in [6.45, 7) is 3.45. The lowest BCUT2D eigenvalue weighted by atomic mass is 9.83. The van der Waals surface area contributed by atoms with E-state index in [2.05, 4.69) is 25.9 Å². The molecular weight excluding hydrogens is 202 g/mol. The Labute approximate surface area is 92.7 Å². The molecule has 0 saturated carbocycles. The molecule has 1 N–H and O–H groups in total. The number of nitrogens with one attached hydrogen (secondary N) is 1.